The second-order valence-electron chi connectivity index (χ2n) is 5.74. The number of esters is 1. The molecule has 2 rings (SSSR count). The Labute approximate surface area is 150 Å². The summed E-state index contributed by atoms with van der Waals surface area (Å²) in [6, 6.07) is 6.98. The molecule has 0 saturated heterocycles. The third-order valence-corrected chi connectivity index (χ3v) is 3.68. The van der Waals surface area contributed by atoms with E-state index < -0.39 is 16.8 Å². The van der Waals surface area contributed by atoms with Crippen molar-refractivity contribution >= 4 is 17.6 Å². The Morgan fingerprint density at radius 3 is 2.65 bits per heavy atom. The van der Waals surface area contributed by atoms with Crippen molar-refractivity contribution in [2.24, 2.45) is 0 Å². The van der Waals surface area contributed by atoms with E-state index in [1.807, 2.05) is 13.0 Å². The van der Waals surface area contributed by atoms with Gasteiger partial charge in [-0.15, -0.1) is 0 Å². The largest absolute Gasteiger partial charge is 0.469 e. The van der Waals surface area contributed by atoms with Gasteiger partial charge in [-0.05, 0) is 38.5 Å². The molecule has 0 fully saturated rings. The number of rotatable bonds is 8. The number of nitro groups is 1. The van der Waals surface area contributed by atoms with Gasteiger partial charge in [0.15, 0.2) is 0 Å². The highest BCUT2D eigenvalue weighted by atomic mass is 16.6. The van der Waals surface area contributed by atoms with Crippen LogP contribution in [0.1, 0.15) is 46.7 Å². The maximum Gasteiger partial charge on any atom is 0.338 e. The van der Waals surface area contributed by atoms with Gasteiger partial charge in [0.25, 0.3) is 11.6 Å². The second kappa shape index (κ2) is 8.80. The number of hydrogen-bond acceptors (Lipinski definition) is 6. The molecule has 0 bridgehead atoms. The number of benzene rings is 1. The average molecular weight is 360 g/mol. The molecule has 1 aromatic heterocycles. The second-order valence-corrected chi connectivity index (χ2v) is 5.74. The molecule has 0 aliphatic heterocycles. The summed E-state index contributed by atoms with van der Waals surface area (Å²) >= 11 is 0. The van der Waals surface area contributed by atoms with Crippen LogP contribution in [0.15, 0.2) is 41.0 Å². The van der Waals surface area contributed by atoms with E-state index in [0.29, 0.717) is 12.8 Å². The highest BCUT2D eigenvalue weighted by Gasteiger charge is 2.19. The maximum atomic E-state index is 12.4. The van der Waals surface area contributed by atoms with Crippen molar-refractivity contribution in [1.82, 2.24) is 5.32 Å². The van der Waals surface area contributed by atoms with Gasteiger partial charge in [-0.3, -0.25) is 14.9 Å². The summed E-state index contributed by atoms with van der Waals surface area (Å²) < 4.78 is 10.1. The zero-order valence-corrected chi connectivity index (χ0v) is 14.6. The molecule has 1 atom stereocenters. The monoisotopic (exact) mass is 360 g/mol. The van der Waals surface area contributed by atoms with E-state index in [1.165, 1.54) is 6.07 Å². The normalized spacial score (nSPS) is 11.6. The van der Waals surface area contributed by atoms with E-state index >= 15 is 0 Å². The van der Waals surface area contributed by atoms with Gasteiger partial charge in [0.2, 0.25) is 0 Å². The van der Waals surface area contributed by atoms with Crippen LogP contribution in [-0.4, -0.2) is 29.4 Å². The molecule has 8 heteroatoms. The fourth-order valence-corrected chi connectivity index (χ4v) is 2.37. The maximum absolute atomic E-state index is 12.4. The fraction of sp³-hybridized carbons (Fsp3) is 0.333. The molecule has 0 unspecified atom stereocenters. The molecule has 1 aromatic carbocycles. The number of amides is 1. The van der Waals surface area contributed by atoms with E-state index in [9.17, 15) is 19.7 Å². The Kier molecular flexibility index (Phi) is 6.48. The fourth-order valence-electron chi connectivity index (χ4n) is 2.37. The topological polar surface area (TPSA) is 112 Å². The molecule has 1 amide bonds. The molecule has 0 aliphatic rings. The molecule has 26 heavy (non-hydrogen) atoms. The van der Waals surface area contributed by atoms with Crippen molar-refractivity contribution in [2.45, 2.75) is 32.7 Å². The number of furan rings is 1. The number of ether oxygens (including phenoxy) is 1. The zero-order chi connectivity index (χ0) is 19.1. The van der Waals surface area contributed by atoms with E-state index in [-0.39, 0.29) is 29.5 Å². The van der Waals surface area contributed by atoms with Crippen LogP contribution in [0.25, 0.3) is 0 Å². The third-order valence-electron chi connectivity index (χ3n) is 3.68. The summed E-state index contributed by atoms with van der Waals surface area (Å²) in [6.45, 7) is 3.58. The number of nitro benzene ring substituents is 1. The molecular weight excluding hydrogens is 340 g/mol. The predicted octanol–water partition coefficient (Wildman–Crippen LogP) is 3.12. The SMILES string of the molecule is CCOC(=O)c1cc(C(=O)N[C@@H](C)CCc2ccco2)cc([N+](=O)[O-])c1. The standard InChI is InChI=1S/C18H20N2O6/c1-3-25-18(22)14-9-13(10-15(11-14)20(23)24)17(21)19-12(2)6-7-16-5-4-8-26-16/h4-5,8-12H,3,6-7H2,1-2H3,(H,19,21)/t12-/m0/s1. The van der Waals surface area contributed by atoms with Crippen molar-refractivity contribution in [3.8, 4) is 0 Å². The van der Waals surface area contributed by atoms with Gasteiger partial charge < -0.3 is 14.5 Å². The number of nitrogens with one attached hydrogen (secondary N) is 1. The van der Waals surface area contributed by atoms with Crippen LogP contribution >= 0.6 is 0 Å². The molecule has 8 nitrogen and oxygen atoms in total. The molecular formula is C18H20N2O6. The Bertz CT molecular complexity index is 785. The summed E-state index contributed by atoms with van der Waals surface area (Å²) in [5.74, 6) is -0.395. The molecule has 0 spiro atoms. The third kappa shape index (κ3) is 5.17. The minimum atomic E-state index is -0.712. The predicted molar refractivity (Wildman–Crippen MR) is 93.0 cm³/mol. The highest BCUT2D eigenvalue weighted by molar-refractivity contribution is 5.99. The van der Waals surface area contributed by atoms with Gasteiger partial charge in [-0.2, -0.15) is 0 Å². The number of carbonyl (C=O) groups is 2. The number of nitrogens with zero attached hydrogens (tertiary/aromatic N) is 1. The Hall–Kier alpha value is -3.16. The van der Waals surface area contributed by atoms with Gasteiger partial charge in [-0.25, -0.2) is 4.79 Å². The molecule has 2 aromatic rings. The summed E-state index contributed by atoms with van der Waals surface area (Å²) in [7, 11) is 0. The van der Waals surface area contributed by atoms with E-state index in [1.54, 1.807) is 19.3 Å². The Balaban J connectivity index is 2.10. The van der Waals surface area contributed by atoms with Gasteiger partial charge in [0.1, 0.15) is 5.76 Å². The Morgan fingerprint density at radius 2 is 2.04 bits per heavy atom. The first kappa shape index (κ1) is 19.2. The molecule has 0 saturated carbocycles. The minimum Gasteiger partial charge on any atom is -0.469 e. The molecule has 138 valence electrons. The lowest BCUT2D eigenvalue weighted by Crippen LogP contribution is -2.33. The van der Waals surface area contributed by atoms with Crippen LogP contribution in [0.4, 0.5) is 5.69 Å². The number of hydrogen-bond donors (Lipinski definition) is 1. The van der Waals surface area contributed by atoms with Crippen molar-refractivity contribution in [1.29, 1.82) is 0 Å². The average Bonchev–Trinajstić information content (AvgIpc) is 3.13. The molecule has 0 aliphatic carbocycles. The number of non-ortho nitro benzene ring substituents is 1. The highest BCUT2D eigenvalue weighted by Crippen LogP contribution is 2.18. The Morgan fingerprint density at radius 1 is 1.31 bits per heavy atom. The summed E-state index contributed by atoms with van der Waals surface area (Å²) in [5, 5.41) is 13.8. The van der Waals surface area contributed by atoms with E-state index in [0.717, 1.165) is 17.9 Å². The first-order valence-electron chi connectivity index (χ1n) is 8.20. The lowest BCUT2D eigenvalue weighted by molar-refractivity contribution is -0.384. The van der Waals surface area contributed by atoms with Gasteiger partial charge in [0.05, 0.1) is 23.4 Å². The smallest absolute Gasteiger partial charge is 0.338 e. The number of aryl methyl sites for hydroxylation is 1. The quantitative estimate of drug-likeness (QED) is 0.440. The molecule has 1 heterocycles. The van der Waals surface area contributed by atoms with Crippen LogP contribution in [0.5, 0.6) is 0 Å². The van der Waals surface area contributed by atoms with Gasteiger partial charge >= 0.3 is 5.97 Å². The van der Waals surface area contributed by atoms with E-state index in [4.69, 9.17) is 9.15 Å². The van der Waals surface area contributed by atoms with Crippen molar-refractivity contribution in [3.63, 3.8) is 0 Å². The van der Waals surface area contributed by atoms with Crippen LogP contribution in [0.2, 0.25) is 0 Å². The lowest BCUT2D eigenvalue weighted by atomic mass is 10.1. The van der Waals surface area contributed by atoms with Crippen molar-refractivity contribution in [2.75, 3.05) is 6.61 Å². The summed E-state index contributed by atoms with van der Waals surface area (Å²) in [4.78, 5) is 34.7. The molecule has 0 radical (unpaired) electrons. The van der Waals surface area contributed by atoms with Gasteiger partial charge in [-0.1, -0.05) is 0 Å². The minimum absolute atomic E-state index is 0.0329. The summed E-state index contributed by atoms with van der Waals surface area (Å²) in [5.41, 5.74) is -0.342. The van der Waals surface area contributed by atoms with E-state index in [2.05, 4.69) is 5.32 Å². The first-order valence-corrected chi connectivity index (χ1v) is 8.20. The van der Waals surface area contributed by atoms with Crippen LogP contribution < -0.4 is 5.32 Å². The lowest BCUT2D eigenvalue weighted by Gasteiger charge is -2.13. The summed E-state index contributed by atoms with van der Waals surface area (Å²) in [6.07, 6.45) is 2.87. The zero-order valence-electron chi connectivity index (χ0n) is 14.6. The van der Waals surface area contributed by atoms with Crippen LogP contribution in [0.3, 0.4) is 0 Å². The first-order chi connectivity index (χ1) is 12.4. The van der Waals surface area contributed by atoms with Crippen LogP contribution in [-0.2, 0) is 11.2 Å². The van der Waals surface area contributed by atoms with Gasteiger partial charge in [0, 0.05) is 30.2 Å². The molecule has 1 N–H and O–H groups in total. The number of carbonyl (C=O) groups excluding carboxylic acids is 2. The van der Waals surface area contributed by atoms with Crippen molar-refractivity contribution < 1.29 is 23.7 Å². The van der Waals surface area contributed by atoms with Crippen molar-refractivity contribution in [3.05, 3.63) is 63.6 Å². The van der Waals surface area contributed by atoms with Crippen LogP contribution in [0, 0.1) is 10.1 Å².